The summed E-state index contributed by atoms with van der Waals surface area (Å²) in [5.41, 5.74) is 6.81. The Kier molecular flexibility index (Phi) is 3.61. The Balaban J connectivity index is 2.11. The van der Waals surface area contributed by atoms with Gasteiger partial charge >= 0.3 is 0 Å². The Morgan fingerprint density at radius 3 is 2.58 bits per heavy atom. The number of nitrogens with zero attached hydrogens (tertiary/aromatic N) is 2. The molecule has 1 aromatic heterocycles. The Morgan fingerprint density at radius 1 is 1.21 bits per heavy atom. The van der Waals surface area contributed by atoms with Crippen LogP contribution in [0.25, 0.3) is 0 Å². The van der Waals surface area contributed by atoms with E-state index >= 15 is 0 Å². The molecule has 0 saturated heterocycles. The summed E-state index contributed by atoms with van der Waals surface area (Å²) in [6.45, 7) is 3.63. The molecule has 1 aromatic carbocycles. The third kappa shape index (κ3) is 2.79. The van der Waals surface area contributed by atoms with E-state index in [9.17, 15) is 9.90 Å². The van der Waals surface area contributed by atoms with E-state index in [1.54, 1.807) is 37.5 Å². The van der Waals surface area contributed by atoms with Crippen molar-refractivity contribution in [3.8, 4) is 5.75 Å². The fraction of sp³-hybridized carbons (Fsp3) is 0.154. The van der Waals surface area contributed by atoms with E-state index in [1.165, 1.54) is 0 Å². The number of aromatic hydroxyl groups is 1. The van der Waals surface area contributed by atoms with Gasteiger partial charge in [-0.3, -0.25) is 15.6 Å². The molecule has 19 heavy (non-hydrogen) atoms. The van der Waals surface area contributed by atoms with Crippen LogP contribution in [0.4, 0.5) is 5.95 Å². The zero-order chi connectivity index (χ0) is 13.8. The van der Waals surface area contributed by atoms with Gasteiger partial charge in [-0.15, -0.1) is 0 Å². The minimum atomic E-state index is -0.451. The van der Waals surface area contributed by atoms with Crippen LogP contribution in [0.3, 0.4) is 0 Å². The molecule has 0 atom stereocenters. The Labute approximate surface area is 110 Å². The fourth-order valence-corrected chi connectivity index (χ4v) is 1.53. The maximum Gasteiger partial charge on any atom is 0.273 e. The SMILES string of the molecule is Cc1ccc(C(=O)NNc2ncccn2)c(O)c1C. The normalized spacial score (nSPS) is 10.0. The molecule has 0 radical (unpaired) electrons. The van der Waals surface area contributed by atoms with Gasteiger partial charge in [0, 0.05) is 12.4 Å². The van der Waals surface area contributed by atoms with Crippen LogP contribution in [0.5, 0.6) is 5.75 Å². The van der Waals surface area contributed by atoms with Crippen LogP contribution in [0.1, 0.15) is 21.5 Å². The quantitative estimate of drug-likeness (QED) is 0.727. The number of phenolic OH excluding ortho intramolecular Hbond substituents is 1. The van der Waals surface area contributed by atoms with Crippen LogP contribution < -0.4 is 10.9 Å². The average molecular weight is 258 g/mol. The van der Waals surface area contributed by atoms with Gasteiger partial charge in [0.15, 0.2) is 0 Å². The summed E-state index contributed by atoms with van der Waals surface area (Å²) in [6, 6.07) is 5.02. The second-order valence-corrected chi connectivity index (χ2v) is 4.06. The molecular weight excluding hydrogens is 244 g/mol. The van der Waals surface area contributed by atoms with Crippen molar-refractivity contribution in [2.45, 2.75) is 13.8 Å². The summed E-state index contributed by atoms with van der Waals surface area (Å²) in [5, 5.41) is 9.93. The van der Waals surface area contributed by atoms with E-state index < -0.39 is 5.91 Å². The summed E-state index contributed by atoms with van der Waals surface area (Å²) >= 11 is 0. The molecule has 0 fully saturated rings. The highest BCUT2D eigenvalue weighted by Crippen LogP contribution is 2.24. The molecule has 0 unspecified atom stereocenters. The van der Waals surface area contributed by atoms with Gasteiger partial charge in [-0.05, 0) is 37.1 Å². The van der Waals surface area contributed by atoms with Gasteiger partial charge in [0.1, 0.15) is 5.75 Å². The summed E-state index contributed by atoms with van der Waals surface area (Å²) in [5.74, 6) is -0.194. The van der Waals surface area contributed by atoms with Gasteiger partial charge in [-0.25, -0.2) is 9.97 Å². The fourth-order valence-electron chi connectivity index (χ4n) is 1.53. The first-order chi connectivity index (χ1) is 9.09. The molecule has 2 rings (SSSR count). The third-order valence-electron chi connectivity index (χ3n) is 2.80. The maximum atomic E-state index is 11.9. The lowest BCUT2D eigenvalue weighted by molar-refractivity contribution is 0.0959. The van der Waals surface area contributed by atoms with Crippen molar-refractivity contribution in [1.82, 2.24) is 15.4 Å². The number of carbonyl (C=O) groups excluding carboxylic acids is 1. The van der Waals surface area contributed by atoms with E-state index in [1.807, 2.05) is 6.92 Å². The number of phenols is 1. The van der Waals surface area contributed by atoms with Crippen molar-refractivity contribution in [3.05, 3.63) is 47.3 Å². The summed E-state index contributed by atoms with van der Waals surface area (Å²) in [6.07, 6.45) is 3.10. The van der Waals surface area contributed by atoms with Crippen molar-refractivity contribution >= 4 is 11.9 Å². The lowest BCUT2D eigenvalue weighted by atomic mass is 10.0. The molecule has 2 aromatic rings. The number of hydrazine groups is 1. The van der Waals surface area contributed by atoms with Crippen LogP contribution in [0, 0.1) is 13.8 Å². The van der Waals surface area contributed by atoms with Gasteiger partial charge in [0.2, 0.25) is 5.95 Å². The molecule has 0 bridgehead atoms. The molecule has 0 aliphatic carbocycles. The number of anilines is 1. The van der Waals surface area contributed by atoms with Crippen LogP contribution in [-0.2, 0) is 0 Å². The highest BCUT2D eigenvalue weighted by molar-refractivity contribution is 5.97. The van der Waals surface area contributed by atoms with Gasteiger partial charge in [-0.2, -0.15) is 0 Å². The van der Waals surface area contributed by atoms with E-state index in [0.717, 1.165) is 5.56 Å². The van der Waals surface area contributed by atoms with E-state index in [4.69, 9.17) is 0 Å². The van der Waals surface area contributed by atoms with Gasteiger partial charge < -0.3 is 5.11 Å². The van der Waals surface area contributed by atoms with Crippen molar-refractivity contribution < 1.29 is 9.90 Å². The largest absolute Gasteiger partial charge is 0.507 e. The molecule has 0 aliphatic heterocycles. The van der Waals surface area contributed by atoms with Gasteiger partial charge in [-0.1, -0.05) is 6.07 Å². The smallest absolute Gasteiger partial charge is 0.273 e. The second kappa shape index (κ2) is 5.34. The zero-order valence-electron chi connectivity index (χ0n) is 10.6. The average Bonchev–Trinajstić information content (AvgIpc) is 2.43. The standard InChI is InChI=1S/C13H14N4O2/c1-8-4-5-10(11(18)9(8)2)12(19)16-17-13-14-6-3-7-15-13/h3-7,18H,1-2H3,(H,16,19)(H,14,15,17). The number of aryl methyl sites for hydroxylation is 1. The Hall–Kier alpha value is -2.63. The topological polar surface area (TPSA) is 87.1 Å². The predicted molar refractivity (Wildman–Crippen MR) is 70.7 cm³/mol. The minimum Gasteiger partial charge on any atom is -0.507 e. The Bertz CT molecular complexity index is 599. The van der Waals surface area contributed by atoms with Crippen LogP contribution >= 0.6 is 0 Å². The predicted octanol–water partition coefficient (Wildman–Crippen LogP) is 1.56. The third-order valence-corrected chi connectivity index (χ3v) is 2.80. The number of nitrogens with one attached hydrogen (secondary N) is 2. The molecule has 3 N–H and O–H groups in total. The summed E-state index contributed by atoms with van der Waals surface area (Å²) < 4.78 is 0. The first-order valence-corrected chi connectivity index (χ1v) is 5.72. The minimum absolute atomic E-state index is 0.0201. The number of hydrogen-bond acceptors (Lipinski definition) is 5. The number of amides is 1. The molecule has 6 nitrogen and oxygen atoms in total. The first-order valence-electron chi connectivity index (χ1n) is 5.72. The zero-order valence-corrected chi connectivity index (χ0v) is 10.6. The number of hydrogen-bond donors (Lipinski definition) is 3. The molecule has 6 heteroatoms. The van der Waals surface area contributed by atoms with Gasteiger partial charge in [0.25, 0.3) is 5.91 Å². The highest BCUT2D eigenvalue weighted by Gasteiger charge is 2.13. The van der Waals surface area contributed by atoms with Crippen molar-refractivity contribution in [2.75, 3.05) is 5.43 Å². The number of aromatic nitrogens is 2. The van der Waals surface area contributed by atoms with Crippen molar-refractivity contribution in [2.24, 2.45) is 0 Å². The van der Waals surface area contributed by atoms with E-state index in [2.05, 4.69) is 20.8 Å². The summed E-state index contributed by atoms with van der Waals surface area (Å²) in [4.78, 5) is 19.7. The molecule has 1 heterocycles. The lowest BCUT2D eigenvalue weighted by Gasteiger charge is -2.10. The van der Waals surface area contributed by atoms with Crippen LogP contribution in [0.15, 0.2) is 30.6 Å². The molecule has 0 saturated carbocycles. The molecule has 0 aliphatic rings. The van der Waals surface area contributed by atoms with E-state index in [-0.39, 0.29) is 17.3 Å². The number of rotatable bonds is 3. The second-order valence-electron chi connectivity index (χ2n) is 4.06. The molecule has 98 valence electrons. The number of carbonyl (C=O) groups is 1. The first kappa shape index (κ1) is 12.8. The summed E-state index contributed by atoms with van der Waals surface area (Å²) in [7, 11) is 0. The van der Waals surface area contributed by atoms with Crippen LogP contribution in [-0.4, -0.2) is 21.0 Å². The monoisotopic (exact) mass is 258 g/mol. The molecule has 1 amide bonds. The Morgan fingerprint density at radius 2 is 1.89 bits per heavy atom. The van der Waals surface area contributed by atoms with Crippen molar-refractivity contribution in [1.29, 1.82) is 0 Å². The highest BCUT2D eigenvalue weighted by atomic mass is 16.3. The number of benzene rings is 1. The van der Waals surface area contributed by atoms with Crippen LogP contribution in [0.2, 0.25) is 0 Å². The van der Waals surface area contributed by atoms with Crippen molar-refractivity contribution in [3.63, 3.8) is 0 Å². The molecular formula is C13H14N4O2. The van der Waals surface area contributed by atoms with E-state index in [0.29, 0.717) is 5.56 Å². The molecule has 0 spiro atoms. The lowest BCUT2D eigenvalue weighted by Crippen LogP contribution is -2.30. The van der Waals surface area contributed by atoms with Gasteiger partial charge in [0.05, 0.1) is 5.56 Å². The maximum absolute atomic E-state index is 11.9.